The van der Waals surface area contributed by atoms with E-state index in [1.54, 1.807) is 0 Å². The van der Waals surface area contributed by atoms with E-state index in [9.17, 15) is 0 Å². The predicted molar refractivity (Wildman–Crippen MR) is 65.4 cm³/mol. The number of hydrogen-bond donors (Lipinski definition) is 0. The molecule has 0 spiro atoms. The number of hydrogen-bond acceptors (Lipinski definition) is 1. The molecule has 0 aromatic carbocycles. The van der Waals surface area contributed by atoms with Crippen LogP contribution in [0.5, 0.6) is 0 Å². The lowest BCUT2D eigenvalue weighted by Gasteiger charge is -2.19. The van der Waals surface area contributed by atoms with Gasteiger partial charge in [-0.25, -0.2) is 0 Å². The van der Waals surface area contributed by atoms with Crippen molar-refractivity contribution in [3.05, 3.63) is 12.2 Å². The largest absolute Gasteiger partial charge is 0.424 e. The second-order valence-corrected chi connectivity index (χ2v) is 6.18. The molecule has 1 aliphatic rings. The van der Waals surface area contributed by atoms with Crippen LogP contribution in [0.2, 0.25) is 5.54 Å². The van der Waals surface area contributed by atoms with Crippen LogP contribution in [0.25, 0.3) is 0 Å². The third-order valence-electron chi connectivity index (χ3n) is 2.87. The Hall–Kier alpha value is -0.0831. The molecule has 0 saturated carbocycles. The summed E-state index contributed by atoms with van der Waals surface area (Å²) in [5, 5.41) is 0. The Morgan fingerprint density at radius 2 is 2.29 bits per heavy atom. The molecule has 14 heavy (non-hydrogen) atoms. The monoisotopic (exact) mass is 212 g/mol. The fraction of sp³-hybridized carbons (Fsp3) is 0.833. The van der Waals surface area contributed by atoms with E-state index < -0.39 is 0 Å². The Morgan fingerprint density at radius 3 is 3.00 bits per heavy atom. The summed E-state index contributed by atoms with van der Waals surface area (Å²) in [6.07, 6.45) is 14.1. The SMILES string of the molecule is CCCCC/C=C/CC1CCCO[SiH2]1. The zero-order valence-electron chi connectivity index (χ0n) is 9.50. The standard InChI is InChI=1S/C12H24OSi/c1-2-3-4-5-6-7-9-12-10-8-11-13-14-12/h6-7,12H,2-5,8-11,14H2,1H3/b7-6+. The highest BCUT2D eigenvalue weighted by Gasteiger charge is 2.12. The quantitative estimate of drug-likeness (QED) is 0.373. The molecule has 1 unspecified atom stereocenters. The molecule has 82 valence electrons. The van der Waals surface area contributed by atoms with Gasteiger partial charge in [-0.1, -0.05) is 31.9 Å². The number of allylic oxidation sites excluding steroid dienone is 2. The molecule has 1 heterocycles. The molecular formula is C12H24OSi. The third kappa shape index (κ3) is 5.61. The lowest BCUT2D eigenvalue weighted by molar-refractivity contribution is 0.286. The topological polar surface area (TPSA) is 9.23 Å². The summed E-state index contributed by atoms with van der Waals surface area (Å²) in [4.78, 5) is 0. The van der Waals surface area contributed by atoms with Crippen molar-refractivity contribution in [3.8, 4) is 0 Å². The Kier molecular flexibility index (Phi) is 7.06. The van der Waals surface area contributed by atoms with Crippen molar-refractivity contribution >= 4 is 9.76 Å². The van der Waals surface area contributed by atoms with E-state index in [1.165, 1.54) is 44.9 Å². The van der Waals surface area contributed by atoms with Gasteiger partial charge in [0.05, 0.1) is 0 Å². The highest BCUT2D eigenvalue weighted by Crippen LogP contribution is 2.21. The molecule has 1 nitrogen and oxygen atoms in total. The minimum Gasteiger partial charge on any atom is -0.424 e. The summed E-state index contributed by atoms with van der Waals surface area (Å²) in [5.74, 6) is 0. The summed E-state index contributed by atoms with van der Waals surface area (Å²) in [6, 6.07) is 0. The first kappa shape index (κ1) is 12.0. The Morgan fingerprint density at radius 1 is 1.36 bits per heavy atom. The number of rotatable bonds is 6. The van der Waals surface area contributed by atoms with Crippen molar-refractivity contribution < 1.29 is 4.43 Å². The van der Waals surface area contributed by atoms with Crippen molar-refractivity contribution in [1.82, 2.24) is 0 Å². The van der Waals surface area contributed by atoms with E-state index in [-0.39, 0.29) is 9.76 Å². The maximum Gasteiger partial charge on any atom is 0.164 e. The van der Waals surface area contributed by atoms with E-state index in [0.717, 1.165) is 12.1 Å². The summed E-state index contributed by atoms with van der Waals surface area (Å²) in [6.45, 7) is 3.30. The van der Waals surface area contributed by atoms with Crippen molar-refractivity contribution in [3.63, 3.8) is 0 Å². The van der Waals surface area contributed by atoms with Gasteiger partial charge in [0.2, 0.25) is 0 Å². The van der Waals surface area contributed by atoms with E-state index in [0.29, 0.717) is 0 Å². The average Bonchev–Trinajstić information content (AvgIpc) is 2.25. The van der Waals surface area contributed by atoms with E-state index in [4.69, 9.17) is 4.43 Å². The first-order chi connectivity index (χ1) is 6.93. The first-order valence-corrected chi connectivity index (χ1v) is 7.55. The van der Waals surface area contributed by atoms with Gasteiger partial charge in [-0.3, -0.25) is 0 Å². The maximum absolute atomic E-state index is 5.58. The summed E-state index contributed by atoms with van der Waals surface area (Å²) in [5.41, 5.74) is 0.936. The number of unbranched alkanes of at least 4 members (excludes halogenated alkanes) is 3. The molecule has 1 saturated heterocycles. The van der Waals surface area contributed by atoms with Crippen LogP contribution in [-0.2, 0) is 4.43 Å². The van der Waals surface area contributed by atoms with Crippen molar-refractivity contribution in [2.75, 3.05) is 6.61 Å². The summed E-state index contributed by atoms with van der Waals surface area (Å²) in [7, 11) is -0.173. The van der Waals surface area contributed by atoms with Crippen molar-refractivity contribution in [2.45, 2.75) is 57.4 Å². The second kappa shape index (κ2) is 8.24. The zero-order chi connectivity index (χ0) is 10.1. The molecule has 0 aromatic heterocycles. The fourth-order valence-corrected chi connectivity index (χ4v) is 3.40. The fourth-order valence-electron chi connectivity index (χ4n) is 1.91. The van der Waals surface area contributed by atoms with Crippen LogP contribution in [0.15, 0.2) is 12.2 Å². The lowest BCUT2D eigenvalue weighted by Crippen LogP contribution is -2.15. The molecule has 0 bridgehead atoms. The van der Waals surface area contributed by atoms with Crippen molar-refractivity contribution in [1.29, 1.82) is 0 Å². The zero-order valence-corrected chi connectivity index (χ0v) is 10.9. The van der Waals surface area contributed by atoms with Crippen LogP contribution in [-0.4, -0.2) is 16.4 Å². The normalized spacial score (nSPS) is 24.8. The van der Waals surface area contributed by atoms with Gasteiger partial charge in [-0.2, -0.15) is 0 Å². The Labute approximate surface area is 90.9 Å². The maximum atomic E-state index is 5.58. The summed E-state index contributed by atoms with van der Waals surface area (Å²) >= 11 is 0. The molecular weight excluding hydrogens is 188 g/mol. The van der Waals surface area contributed by atoms with Gasteiger partial charge in [0.1, 0.15) is 0 Å². The second-order valence-electron chi connectivity index (χ2n) is 4.29. The molecule has 0 amide bonds. The molecule has 1 atom stereocenters. The highest BCUT2D eigenvalue weighted by atomic mass is 28.2. The van der Waals surface area contributed by atoms with Crippen molar-refractivity contribution in [2.24, 2.45) is 0 Å². The Balaban J connectivity index is 1.95. The van der Waals surface area contributed by atoms with Crippen LogP contribution in [0, 0.1) is 0 Å². The van der Waals surface area contributed by atoms with Gasteiger partial charge >= 0.3 is 0 Å². The molecule has 1 aliphatic heterocycles. The van der Waals surface area contributed by atoms with Crippen LogP contribution < -0.4 is 0 Å². The first-order valence-electron chi connectivity index (χ1n) is 6.16. The van der Waals surface area contributed by atoms with Crippen LogP contribution in [0.3, 0.4) is 0 Å². The molecule has 0 aromatic rings. The molecule has 1 fully saturated rings. The van der Waals surface area contributed by atoms with Gasteiger partial charge in [0, 0.05) is 6.61 Å². The van der Waals surface area contributed by atoms with Gasteiger partial charge in [-0.15, -0.1) is 0 Å². The van der Waals surface area contributed by atoms with E-state index >= 15 is 0 Å². The molecule has 1 rings (SSSR count). The molecule has 0 radical (unpaired) electrons. The molecule has 2 heteroatoms. The smallest absolute Gasteiger partial charge is 0.164 e. The van der Waals surface area contributed by atoms with E-state index in [1.807, 2.05) is 0 Å². The predicted octanol–water partition coefficient (Wildman–Crippen LogP) is 3.20. The highest BCUT2D eigenvalue weighted by molar-refractivity contribution is 6.29. The summed E-state index contributed by atoms with van der Waals surface area (Å²) < 4.78 is 5.58. The van der Waals surface area contributed by atoms with Gasteiger partial charge in [0.25, 0.3) is 0 Å². The average molecular weight is 212 g/mol. The van der Waals surface area contributed by atoms with Gasteiger partial charge < -0.3 is 4.43 Å². The minimum atomic E-state index is -0.173. The van der Waals surface area contributed by atoms with Crippen LogP contribution in [0.1, 0.15) is 51.9 Å². The van der Waals surface area contributed by atoms with Crippen LogP contribution >= 0.6 is 0 Å². The van der Waals surface area contributed by atoms with Gasteiger partial charge in [0.15, 0.2) is 9.76 Å². The Bertz CT molecular complexity index is 150. The van der Waals surface area contributed by atoms with E-state index in [2.05, 4.69) is 19.1 Å². The van der Waals surface area contributed by atoms with Gasteiger partial charge in [-0.05, 0) is 37.6 Å². The minimum absolute atomic E-state index is 0.173. The molecule has 0 aliphatic carbocycles. The lowest BCUT2D eigenvalue weighted by atomic mass is 10.1. The molecule has 0 N–H and O–H groups in total. The van der Waals surface area contributed by atoms with Crippen LogP contribution in [0.4, 0.5) is 0 Å². The third-order valence-corrected chi connectivity index (χ3v) is 4.60.